The van der Waals surface area contributed by atoms with Crippen molar-refractivity contribution in [1.29, 1.82) is 0 Å². The Balaban J connectivity index is 1.55. The Morgan fingerprint density at radius 1 is 1.17 bits per heavy atom. The third-order valence-corrected chi connectivity index (χ3v) is 7.02. The summed E-state index contributed by atoms with van der Waals surface area (Å²) in [6.07, 6.45) is 7.33. The Bertz CT molecular complexity index is 912. The molecule has 0 aliphatic carbocycles. The molecule has 1 aliphatic rings. The number of thiophene rings is 1. The number of hydrogen-bond acceptors (Lipinski definition) is 7. The van der Waals surface area contributed by atoms with E-state index in [1.54, 1.807) is 12.3 Å². The molecule has 1 saturated heterocycles. The van der Waals surface area contributed by atoms with E-state index in [1.807, 2.05) is 21.7 Å². The summed E-state index contributed by atoms with van der Waals surface area (Å²) in [5.74, 6) is -0.0613. The van der Waals surface area contributed by atoms with Crippen LogP contribution in [0.5, 0.6) is 0 Å². The summed E-state index contributed by atoms with van der Waals surface area (Å²) in [5.41, 5.74) is 8.71. The fraction of sp³-hybridized carbons (Fsp3) is 0.577. The summed E-state index contributed by atoms with van der Waals surface area (Å²) in [6, 6.07) is 3.59. The number of hydrogen-bond donors (Lipinski definition) is 2. The molecule has 3 rings (SSSR count). The normalized spacial score (nSPS) is 14.1. The highest BCUT2D eigenvalue weighted by molar-refractivity contribution is 7.08. The molecule has 1 fully saturated rings. The van der Waals surface area contributed by atoms with Crippen LogP contribution in [0.2, 0.25) is 0 Å². The monoisotopic (exact) mass is 501 g/mol. The maximum Gasteiger partial charge on any atom is 0.317 e. The molecule has 2 amide bonds. The number of aromatic nitrogens is 1. The minimum atomic E-state index is -0.0613. The first-order valence-corrected chi connectivity index (χ1v) is 13.6. The predicted molar refractivity (Wildman–Crippen MR) is 141 cm³/mol. The van der Waals surface area contributed by atoms with Crippen molar-refractivity contribution in [2.45, 2.75) is 52.0 Å². The molecular weight excluding hydrogens is 462 g/mol. The van der Waals surface area contributed by atoms with Crippen LogP contribution in [0.1, 0.15) is 60.6 Å². The van der Waals surface area contributed by atoms with E-state index >= 15 is 0 Å². The summed E-state index contributed by atoms with van der Waals surface area (Å²) in [4.78, 5) is 34.1. The zero-order valence-corrected chi connectivity index (χ0v) is 21.7. The minimum Gasteiger partial charge on any atom is -0.398 e. The van der Waals surface area contributed by atoms with Crippen molar-refractivity contribution in [2.75, 3.05) is 51.7 Å². The molecule has 0 atom stereocenters. The number of unbranched alkanes of at least 4 members (excludes halogenated alkanes) is 3. The summed E-state index contributed by atoms with van der Waals surface area (Å²) < 4.78 is 5.43. The van der Waals surface area contributed by atoms with Gasteiger partial charge >= 0.3 is 6.03 Å². The van der Waals surface area contributed by atoms with Crippen LogP contribution in [-0.2, 0) is 17.7 Å². The average Bonchev–Trinajstić information content (AvgIpc) is 3.28. The largest absolute Gasteiger partial charge is 0.398 e. The van der Waals surface area contributed by atoms with Crippen molar-refractivity contribution in [3.8, 4) is 0 Å². The van der Waals surface area contributed by atoms with Gasteiger partial charge in [0.15, 0.2) is 5.78 Å². The van der Waals surface area contributed by atoms with Crippen LogP contribution in [0.3, 0.4) is 0 Å². The van der Waals surface area contributed by atoms with E-state index < -0.39 is 0 Å². The lowest BCUT2D eigenvalue weighted by atomic mass is 10.1. The molecule has 192 valence electrons. The van der Waals surface area contributed by atoms with E-state index in [-0.39, 0.29) is 18.2 Å². The van der Waals surface area contributed by atoms with Crippen molar-refractivity contribution in [1.82, 2.24) is 20.1 Å². The third kappa shape index (κ3) is 9.23. The summed E-state index contributed by atoms with van der Waals surface area (Å²) in [6.45, 7) is 8.38. The van der Waals surface area contributed by atoms with Gasteiger partial charge < -0.3 is 20.7 Å². The number of carbonyl (C=O) groups excluding carboxylic acids is 2. The number of amides is 2. The van der Waals surface area contributed by atoms with E-state index in [0.29, 0.717) is 31.0 Å². The maximum atomic E-state index is 12.9. The van der Waals surface area contributed by atoms with Crippen LogP contribution in [0.4, 0.5) is 10.5 Å². The van der Waals surface area contributed by atoms with E-state index in [9.17, 15) is 9.59 Å². The number of urea groups is 1. The number of nitrogen functional groups attached to an aromatic ring is 1. The van der Waals surface area contributed by atoms with E-state index in [1.165, 1.54) is 24.2 Å². The molecule has 3 heterocycles. The number of pyridine rings is 1. The van der Waals surface area contributed by atoms with Crippen molar-refractivity contribution >= 4 is 28.8 Å². The third-order valence-electron chi connectivity index (χ3n) is 6.21. The average molecular weight is 502 g/mol. The second-order valence-corrected chi connectivity index (χ2v) is 9.77. The number of rotatable bonds is 14. The van der Waals surface area contributed by atoms with Crippen LogP contribution in [0.15, 0.2) is 29.1 Å². The van der Waals surface area contributed by atoms with Gasteiger partial charge in [0.1, 0.15) is 5.69 Å². The second-order valence-electron chi connectivity index (χ2n) is 9.03. The molecule has 0 saturated carbocycles. The number of ether oxygens (including phenoxy) is 1. The highest BCUT2D eigenvalue weighted by Crippen LogP contribution is 2.19. The Hall–Kier alpha value is -2.49. The van der Waals surface area contributed by atoms with Gasteiger partial charge in [0, 0.05) is 63.0 Å². The van der Waals surface area contributed by atoms with Crippen molar-refractivity contribution in [2.24, 2.45) is 0 Å². The van der Waals surface area contributed by atoms with Gasteiger partial charge in [0.05, 0.1) is 13.2 Å². The number of carbonyl (C=O) groups is 2. The van der Waals surface area contributed by atoms with Crippen LogP contribution in [-0.4, -0.2) is 72.5 Å². The number of nitrogens with zero attached hydrogens (tertiary/aromatic N) is 3. The molecule has 2 aromatic heterocycles. The van der Waals surface area contributed by atoms with Gasteiger partial charge in [-0.15, -0.1) is 11.3 Å². The molecule has 2 aromatic rings. The molecule has 0 aromatic carbocycles. The molecule has 0 radical (unpaired) electrons. The molecule has 1 aliphatic heterocycles. The Labute approximate surface area is 212 Å². The highest BCUT2D eigenvalue weighted by atomic mass is 32.1. The fourth-order valence-corrected chi connectivity index (χ4v) is 4.81. The van der Waals surface area contributed by atoms with Crippen molar-refractivity contribution < 1.29 is 14.3 Å². The van der Waals surface area contributed by atoms with Crippen LogP contribution < -0.4 is 11.1 Å². The van der Waals surface area contributed by atoms with Gasteiger partial charge in [-0.2, -0.15) is 0 Å². The van der Waals surface area contributed by atoms with Crippen molar-refractivity contribution in [3.63, 3.8) is 0 Å². The van der Waals surface area contributed by atoms with E-state index in [2.05, 4.69) is 22.1 Å². The Kier molecular flexibility index (Phi) is 11.5. The molecule has 35 heavy (non-hydrogen) atoms. The number of anilines is 1. The Morgan fingerprint density at radius 2 is 2.00 bits per heavy atom. The number of nitrogens with two attached hydrogens (primary N) is 1. The molecule has 9 heteroatoms. The predicted octanol–water partition coefficient (Wildman–Crippen LogP) is 3.96. The first kappa shape index (κ1) is 27.1. The molecule has 3 N–H and O–H groups in total. The molecule has 0 spiro atoms. The van der Waals surface area contributed by atoms with Gasteiger partial charge in [-0.3, -0.25) is 14.7 Å². The molecule has 8 nitrogen and oxygen atoms in total. The van der Waals surface area contributed by atoms with Gasteiger partial charge in [0.25, 0.3) is 0 Å². The molecular formula is C26H39N5O3S. The van der Waals surface area contributed by atoms with Gasteiger partial charge in [-0.05, 0) is 35.4 Å². The fourth-order valence-electron chi connectivity index (χ4n) is 4.07. The zero-order chi connectivity index (χ0) is 24.9. The maximum absolute atomic E-state index is 12.9. The van der Waals surface area contributed by atoms with Gasteiger partial charge in [0.2, 0.25) is 0 Å². The topological polar surface area (TPSA) is 101 Å². The minimum absolute atomic E-state index is 0.0449. The number of ketones is 1. The Morgan fingerprint density at radius 3 is 2.69 bits per heavy atom. The van der Waals surface area contributed by atoms with Gasteiger partial charge in [-0.1, -0.05) is 32.3 Å². The van der Waals surface area contributed by atoms with E-state index in [4.69, 9.17) is 10.5 Å². The number of nitrogens with one attached hydrogen (secondary N) is 1. The summed E-state index contributed by atoms with van der Waals surface area (Å²) in [5, 5.41) is 6.81. The highest BCUT2D eigenvalue weighted by Gasteiger charge is 2.17. The standard InChI is InChI=1S/C26H39N5O3S/c1-2-3-4-5-9-28-26(33)31(11-6-10-30-12-14-34-15-13-30)18-21-7-8-24(29-17-21)25(32)16-22-19-35-20-23(22)27/h7-8,17,19-20H,2-6,9-16,18,27H2,1H3,(H,28,33). The lowest BCUT2D eigenvalue weighted by molar-refractivity contribution is 0.0364. The first-order valence-electron chi connectivity index (χ1n) is 12.7. The summed E-state index contributed by atoms with van der Waals surface area (Å²) in [7, 11) is 0. The first-order chi connectivity index (χ1) is 17.1. The van der Waals surface area contributed by atoms with Crippen LogP contribution >= 0.6 is 11.3 Å². The molecule has 0 unspecified atom stereocenters. The smallest absolute Gasteiger partial charge is 0.317 e. The van der Waals surface area contributed by atoms with Crippen molar-refractivity contribution in [3.05, 3.63) is 45.9 Å². The van der Waals surface area contributed by atoms with Gasteiger partial charge in [-0.25, -0.2) is 4.79 Å². The lowest BCUT2D eigenvalue weighted by Gasteiger charge is -2.28. The zero-order valence-electron chi connectivity index (χ0n) is 20.8. The lowest BCUT2D eigenvalue weighted by Crippen LogP contribution is -2.42. The quantitative estimate of drug-likeness (QED) is 0.300. The second kappa shape index (κ2) is 14.8. The SMILES string of the molecule is CCCCCCNC(=O)N(CCCN1CCOCC1)Cc1ccc(C(=O)Cc2cscc2N)nc1. The molecule has 0 bridgehead atoms. The van der Waals surface area contributed by atoms with Crippen LogP contribution in [0.25, 0.3) is 0 Å². The summed E-state index contributed by atoms with van der Waals surface area (Å²) >= 11 is 1.49. The van der Waals surface area contributed by atoms with E-state index in [0.717, 1.165) is 63.2 Å². The van der Waals surface area contributed by atoms with Crippen LogP contribution in [0, 0.1) is 0 Å². The number of morpholine rings is 1. The number of Topliss-reactive ketones (excluding diaryl/α,β-unsaturated/α-hetero) is 1.